The van der Waals surface area contributed by atoms with Gasteiger partial charge in [-0.1, -0.05) is 12.2 Å². The van der Waals surface area contributed by atoms with E-state index in [0.29, 0.717) is 0 Å². The van der Waals surface area contributed by atoms with Crippen LogP contribution in [0.4, 0.5) is 26.3 Å². The fourth-order valence-corrected chi connectivity index (χ4v) is 1.71. The van der Waals surface area contributed by atoms with E-state index in [0.717, 1.165) is 12.2 Å². The van der Waals surface area contributed by atoms with E-state index in [1.54, 1.807) is 0 Å². The van der Waals surface area contributed by atoms with Crippen molar-refractivity contribution in [3.63, 3.8) is 0 Å². The van der Waals surface area contributed by atoms with Crippen LogP contribution in [0.25, 0.3) is 0 Å². The Morgan fingerprint density at radius 2 is 1.13 bits per heavy atom. The average Bonchev–Trinajstić information content (AvgIpc) is 2.56. The van der Waals surface area contributed by atoms with Gasteiger partial charge in [0.15, 0.2) is 0 Å². The molecule has 0 aromatic carbocycles. The summed E-state index contributed by atoms with van der Waals surface area (Å²) < 4.78 is 78.5. The molecular formula is C8H4F6O. The monoisotopic (exact) mass is 230 g/mol. The lowest BCUT2D eigenvalue weighted by Gasteiger charge is -2.17. The Kier molecular flexibility index (Phi) is 1.95. The summed E-state index contributed by atoms with van der Waals surface area (Å²) in [5.74, 6) is 0. The van der Waals surface area contributed by atoms with Gasteiger partial charge in [0, 0.05) is 0 Å². The molecule has 0 radical (unpaired) electrons. The van der Waals surface area contributed by atoms with Crippen molar-refractivity contribution in [1.82, 2.24) is 0 Å². The average molecular weight is 230 g/mol. The van der Waals surface area contributed by atoms with Crippen molar-refractivity contribution in [1.29, 1.82) is 0 Å². The molecule has 2 rings (SSSR count). The molecule has 2 unspecified atom stereocenters. The van der Waals surface area contributed by atoms with Crippen molar-refractivity contribution < 1.29 is 31.1 Å². The summed E-state index contributed by atoms with van der Waals surface area (Å²) in [4.78, 5) is 0. The lowest BCUT2D eigenvalue weighted by molar-refractivity contribution is -0.115. The largest absolute Gasteiger partial charge is 0.415 e. The zero-order chi connectivity index (χ0) is 11.4. The Labute approximate surface area is 80.0 Å². The third-order valence-electron chi connectivity index (χ3n) is 2.22. The van der Waals surface area contributed by atoms with Gasteiger partial charge in [0.2, 0.25) is 0 Å². The van der Waals surface area contributed by atoms with Crippen LogP contribution in [0, 0.1) is 0 Å². The molecule has 0 fully saturated rings. The summed E-state index contributed by atoms with van der Waals surface area (Å²) in [5.41, 5.74) is -3.25. The summed E-state index contributed by atoms with van der Waals surface area (Å²) in [7, 11) is 0. The van der Waals surface area contributed by atoms with Crippen molar-refractivity contribution in [3.8, 4) is 0 Å². The molecule has 0 N–H and O–H groups in total. The Hall–Kier alpha value is -0.980. The maximum absolute atomic E-state index is 12.3. The zero-order valence-electron chi connectivity index (χ0n) is 6.99. The highest BCUT2D eigenvalue weighted by atomic mass is 19.4. The van der Waals surface area contributed by atoms with Crippen LogP contribution >= 0.6 is 0 Å². The highest BCUT2D eigenvalue weighted by molar-refractivity contribution is 5.44. The molecule has 2 aliphatic rings. The first kappa shape index (κ1) is 10.5. The third kappa shape index (κ3) is 1.54. The summed E-state index contributed by atoms with van der Waals surface area (Å²) in [6, 6.07) is 0. The topological polar surface area (TPSA) is 9.23 Å². The minimum atomic E-state index is -5.00. The van der Waals surface area contributed by atoms with Crippen LogP contribution in [-0.2, 0) is 4.74 Å². The zero-order valence-corrected chi connectivity index (χ0v) is 6.99. The van der Waals surface area contributed by atoms with Crippen molar-refractivity contribution in [2.45, 2.75) is 24.6 Å². The predicted molar refractivity (Wildman–Crippen MR) is 36.9 cm³/mol. The van der Waals surface area contributed by atoms with Gasteiger partial charge in [0.25, 0.3) is 0 Å². The van der Waals surface area contributed by atoms with Gasteiger partial charge in [0.1, 0.15) is 12.2 Å². The molecule has 15 heavy (non-hydrogen) atoms. The molecule has 0 aromatic rings. The van der Waals surface area contributed by atoms with E-state index >= 15 is 0 Å². The second-order valence-corrected chi connectivity index (χ2v) is 3.19. The molecule has 7 heteroatoms. The van der Waals surface area contributed by atoms with Gasteiger partial charge in [0.05, 0.1) is 11.1 Å². The minimum Gasteiger partial charge on any atom is -0.357 e. The van der Waals surface area contributed by atoms with Crippen molar-refractivity contribution >= 4 is 0 Å². The lowest BCUT2D eigenvalue weighted by atomic mass is 9.96. The standard InChI is InChI=1S/C8H4F6O/c9-7(10,11)5-3-1-2-4(15-3)6(5)8(12,13)14/h1-4H. The third-order valence-corrected chi connectivity index (χ3v) is 2.22. The second kappa shape index (κ2) is 2.78. The van der Waals surface area contributed by atoms with Gasteiger partial charge in [-0.25, -0.2) is 0 Å². The maximum atomic E-state index is 12.3. The van der Waals surface area contributed by atoms with Crippen molar-refractivity contribution in [2.24, 2.45) is 0 Å². The van der Waals surface area contributed by atoms with Gasteiger partial charge in [-0.15, -0.1) is 0 Å². The Morgan fingerprint density at radius 3 is 1.40 bits per heavy atom. The summed E-state index contributed by atoms with van der Waals surface area (Å²) >= 11 is 0. The molecule has 2 bridgehead atoms. The summed E-state index contributed by atoms with van der Waals surface area (Å²) in [6.07, 6.45) is -11.2. The van der Waals surface area contributed by atoms with Gasteiger partial charge >= 0.3 is 12.4 Å². The van der Waals surface area contributed by atoms with E-state index in [-0.39, 0.29) is 0 Å². The molecule has 0 aromatic heterocycles. The predicted octanol–water partition coefficient (Wildman–Crippen LogP) is 2.74. The number of halogens is 6. The van der Waals surface area contributed by atoms with E-state index in [4.69, 9.17) is 0 Å². The fraction of sp³-hybridized carbons (Fsp3) is 0.500. The first-order valence-corrected chi connectivity index (χ1v) is 3.93. The molecule has 0 saturated heterocycles. The van der Waals surface area contributed by atoms with Crippen LogP contribution in [0.15, 0.2) is 23.3 Å². The summed E-state index contributed by atoms with van der Waals surface area (Å²) in [5, 5.41) is 0. The molecule has 1 nitrogen and oxygen atoms in total. The van der Waals surface area contributed by atoms with Crippen LogP contribution in [0.1, 0.15) is 0 Å². The number of fused-ring (bicyclic) bond motifs is 2. The van der Waals surface area contributed by atoms with Crippen molar-refractivity contribution in [3.05, 3.63) is 23.3 Å². The van der Waals surface area contributed by atoms with E-state index in [1.807, 2.05) is 0 Å². The Morgan fingerprint density at radius 1 is 0.800 bits per heavy atom. The molecule has 84 valence electrons. The SMILES string of the molecule is FC(F)(F)C1=C(C(F)(F)F)C2C=CC1O2. The van der Waals surface area contributed by atoms with Crippen LogP contribution in [0.2, 0.25) is 0 Å². The number of hydrogen-bond acceptors (Lipinski definition) is 1. The quantitative estimate of drug-likeness (QED) is 0.459. The Balaban J connectivity index is 2.50. The highest BCUT2D eigenvalue weighted by Gasteiger charge is 2.56. The smallest absolute Gasteiger partial charge is 0.357 e. The van der Waals surface area contributed by atoms with Crippen LogP contribution < -0.4 is 0 Å². The maximum Gasteiger partial charge on any atom is 0.415 e. The fourth-order valence-electron chi connectivity index (χ4n) is 1.71. The van der Waals surface area contributed by atoms with E-state index < -0.39 is 35.7 Å². The second-order valence-electron chi connectivity index (χ2n) is 3.19. The number of hydrogen-bond donors (Lipinski definition) is 0. The number of rotatable bonds is 0. The van der Waals surface area contributed by atoms with Gasteiger partial charge in [-0.3, -0.25) is 0 Å². The van der Waals surface area contributed by atoms with Crippen LogP contribution in [-0.4, -0.2) is 24.6 Å². The first-order chi connectivity index (χ1) is 6.71. The molecular weight excluding hydrogens is 226 g/mol. The molecule has 0 spiro atoms. The molecule has 2 heterocycles. The number of ether oxygens (including phenoxy) is 1. The van der Waals surface area contributed by atoms with Crippen LogP contribution in [0.5, 0.6) is 0 Å². The number of alkyl halides is 6. The molecule has 2 atom stereocenters. The molecule has 0 amide bonds. The highest BCUT2D eigenvalue weighted by Crippen LogP contribution is 2.48. The lowest BCUT2D eigenvalue weighted by Crippen LogP contribution is -2.27. The van der Waals surface area contributed by atoms with E-state index in [2.05, 4.69) is 4.74 Å². The molecule has 0 aliphatic carbocycles. The van der Waals surface area contributed by atoms with Crippen LogP contribution in [0.3, 0.4) is 0 Å². The normalized spacial score (nSPS) is 30.5. The molecule has 0 saturated carbocycles. The van der Waals surface area contributed by atoms with E-state index in [1.165, 1.54) is 0 Å². The molecule has 2 aliphatic heterocycles. The first-order valence-electron chi connectivity index (χ1n) is 3.93. The Bertz CT molecular complexity index is 315. The van der Waals surface area contributed by atoms with Crippen molar-refractivity contribution in [2.75, 3.05) is 0 Å². The van der Waals surface area contributed by atoms with Gasteiger partial charge in [-0.05, 0) is 0 Å². The minimum absolute atomic E-state index is 0.989. The van der Waals surface area contributed by atoms with E-state index in [9.17, 15) is 26.3 Å². The van der Waals surface area contributed by atoms with Gasteiger partial charge < -0.3 is 4.74 Å². The van der Waals surface area contributed by atoms with Gasteiger partial charge in [-0.2, -0.15) is 26.3 Å². The summed E-state index contributed by atoms with van der Waals surface area (Å²) in [6.45, 7) is 0.